The molecule has 1 heterocycles. The van der Waals surface area contributed by atoms with Crippen LogP contribution in [0.3, 0.4) is 0 Å². The summed E-state index contributed by atoms with van der Waals surface area (Å²) in [7, 11) is 0. The third kappa shape index (κ3) is 4.17. The monoisotopic (exact) mass is 267 g/mol. The molecule has 0 aromatic rings. The van der Waals surface area contributed by atoms with Crippen molar-refractivity contribution in [3.05, 3.63) is 0 Å². The minimum atomic E-state index is 0.669. The van der Waals surface area contributed by atoms with Crippen LogP contribution in [-0.4, -0.2) is 43.2 Å². The summed E-state index contributed by atoms with van der Waals surface area (Å²) in [5.41, 5.74) is 5.93. The topological polar surface area (TPSA) is 41.3 Å². The lowest BCUT2D eigenvalue weighted by Crippen LogP contribution is -2.50. The molecule has 0 spiro atoms. The van der Waals surface area contributed by atoms with Gasteiger partial charge in [0.15, 0.2) is 0 Å². The van der Waals surface area contributed by atoms with Crippen molar-refractivity contribution in [3.8, 4) is 0 Å². The van der Waals surface area contributed by atoms with Crippen molar-refractivity contribution in [1.82, 2.24) is 10.2 Å². The van der Waals surface area contributed by atoms with E-state index in [4.69, 9.17) is 5.73 Å². The molecule has 3 heteroatoms. The molecule has 2 aliphatic rings. The molecule has 0 aromatic heterocycles. The van der Waals surface area contributed by atoms with E-state index in [0.717, 1.165) is 19.0 Å². The quantitative estimate of drug-likeness (QED) is 0.775. The summed E-state index contributed by atoms with van der Waals surface area (Å²) in [5, 5.41) is 3.86. The molecule has 2 rings (SSSR count). The van der Waals surface area contributed by atoms with Crippen LogP contribution in [0.1, 0.15) is 52.4 Å². The van der Waals surface area contributed by atoms with E-state index < -0.39 is 0 Å². The maximum absolute atomic E-state index is 5.93. The first-order chi connectivity index (χ1) is 9.22. The molecule has 0 aromatic carbocycles. The first kappa shape index (κ1) is 15.3. The highest BCUT2D eigenvalue weighted by molar-refractivity contribution is 4.86. The minimum Gasteiger partial charge on any atom is -0.330 e. The summed E-state index contributed by atoms with van der Waals surface area (Å²) < 4.78 is 0. The predicted molar refractivity (Wildman–Crippen MR) is 82.2 cm³/mol. The number of nitrogens with two attached hydrogens (primary N) is 1. The second kappa shape index (κ2) is 7.61. The molecule has 112 valence electrons. The summed E-state index contributed by atoms with van der Waals surface area (Å²) in [5.74, 6) is 1.45. The Morgan fingerprint density at radius 1 is 1.11 bits per heavy atom. The third-order valence-electron chi connectivity index (χ3n) is 5.18. The molecule has 0 bridgehead atoms. The second-order valence-electron chi connectivity index (χ2n) is 6.85. The van der Waals surface area contributed by atoms with E-state index in [1.807, 2.05) is 0 Å². The van der Waals surface area contributed by atoms with Crippen molar-refractivity contribution in [3.63, 3.8) is 0 Å². The van der Waals surface area contributed by atoms with Crippen molar-refractivity contribution < 1.29 is 0 Å². The first-order valence-corrected chi connectivity index (χ1v) is 8.40. The van der Waals surface area contributed by atoms with Crippen LogP contribution in [-0.2, 0) is 0 Å². The largest absolute Gasteiger partial charge is 0.330 e. The molecule has 1 saturated carbocycles. The van der Waals surface area contributed by atoms with Gasteiger partial charge in [-0.25, -0.2) is 0 Å². The molecule has 2 fully saturated rings. The van der Waals surface area contributed by atoms with Crippen molar-refractivity contribution >= 4 is 0 Å². The van der Waals surface area contributed by atoms with E-state index in [9.17, 15) is 0 Å². The number of hydrogen-bond acceptors (Lipinski definition) is 3. The average Bonchev–Trinajstić information content (AvgIpc) is 2.93. The number of hydrogen-bond donors (Lipinski definition) is 2. The van der Waals surface area contributed by atoms with Crippen LogP contribution in [0.2, 0.25) is 0 Å². The van der Waals surface area contributed by atoms with Crippen LogP contribution in [0.25, 0.3) is 0 Å². The van der Waals surface area contributed by atoms with Crippen LogP contribution in [0, 0.1) is 11.8 Å². The lowest BCUT2D eigenvalue weighted by molar-refractivity contribution is 0.168. The average molecular weight is 267 g/mol. The highest BCUT2D eigenvalue weighted by Gasteiger charge is 2.28. The Morgan fingerprint density at radius 2 is 1.79 bits per heavy atom. The molecule has 3 nitrogen and oxygen atoms in total. The van der Waals surface area contributed by atoms with Crippen LogP contribution < -0.4 is 11.1 Å². The molecule has 1 aliphatic heterocycles. The number of rotatable bonds is 6. The summed E-state index contributed by atoms with van der Waals surface area (Å²) in [6.07, 6.45) is 8.18. The smallest absolute Gasteiger partial charge is 0.0243 e. The van der Waals surface area contributed by atoms with Crippen LogP contribution in [0.4, 0.5) is 0 Å². The van der Waals surface area contributed by atoms with Crippen molar-refractivity contribution in [2.45, 2.75) is 64.5 Å². The van der Waals surface area contributed by atoms with Gasteiger partial charge in [-0.2, -0.15) is 0 Å². The first-order valence-electron chi connectivity index (χ1n) is 8.40. The zero-order valence-electron chi connectivity index (χ0n) is 12.9. The van der Waals surface area contributed by atoms with Crippen molar-refractivity contribution in [2.75, 3.05) is 26.2 Å². The Morgan fingerprint density at radius 3 is 2.42 bits per heavy atom. The fraction of sp³-hybridized carbons (Fsp3) is 1.00. The van der Waals surface area contributed by atoms with Gasteiger partial charge in [0.05, 0.1) is 0 Å². The molecule has 3 atom stereocenters. The Labute approximate surface area is 119 Å². The fourth-order valence-corrected chi connectivity index (χ4v) is 3.89. The maximum atomic E-state index is 5.93. The number of nitrogens with zero attached hydrogens (tertiary/aromatic N) is 1. The Balaban J connectivity index is 1.83. The lowest BCUT2D eigenvalue weighted by atomic mass is 9.84. The van der Waals surface area contributed by atoms with Gasteiger partial charge in [-0.05, 0) is 57.2 Å². The molecule has 1 aliphatic carbocycles. The zero-order chi connectivity index (χ0) is 13.7. The van der Waals surface area contributed by atoms with Gasteiger partial charge in [0.2, 0.25) is 0 Å². The van der Waals surface area contributed by atoms with E-state index in [2.05, 4.69) is 24.1 Å². The van der Waals surface area contributed by atoms with Gasteiger partial charge < -0.3 is 11.1 Å². The predicted octanol–water partition coefficient (Wildman–Crippen LogP) is 2.21. The standard InChI is InChI=1S/C16H33N3/c1-13(2)16(19-9-5-6-10-19)12-18-15-8-4-3-7-14(15)11-17/h13-16,18H,3-12,17H2,1-2H3. The highest BCUT2D eigenvalue weighted by Crippen LogP contribution is 2.24. The summed E-state index contributed by atoms with van der Waals surface area (Å²) in [6, 6.07) is 1.38. The van der Waals surface area contributed by atoms with Crippen LogP contribution >= 0.6 is 0 Å². The number of nitrogens with one attached hydrogen (secondary N) is 1. The minimum absolute atomic E-state index is 0.669. The zero-order valence-corrected chi connectivity index (χ0v) is 12.9. The molecule has 1 saturated heterocycles. The van der Waals surface area contributed by atoms with Gasteiger partial charge in [0.25, 0.3) is 0 Å². The van der Waals surface area contributed by atoms with E-state index in [-0.39, 0.29) is 0 Å². The second-order valence-corrected chi connectivity index (χ2v) is 6.85. The molecule has 0 radical (unpaired) electrons. The molecule has 0 amide bonds. The van der Waals surface area contributed by atoms with Gasteiger partial charge in [0, 0.05) is 18.6 Å². The molecule has 3 unspecified atom stereocenters. The summed E-state index contributed by atoms with van der Waals surface area (Å²) in [6.45, 7) is 9.34. The van der Waals surface area contributed by atoms with Crippen molar-refractivity contribution in [2.24, 2.45) is 17.6 Å². The van der Waals surface area contributed by atoms with Gasteiger partial charge in [-0.3, -0.25) is 4.90 Å². The van der Waals surface area contributed by atoms with E-state index in [1.165, 1.54) is 51.6 Å². The van der Waals surface area contributed by atoms with E-state index >= 15 is 0 Å². The van der Waals surface area contributed by atoms with Gasteiger partial charge in [0.1, 0.15) is 0 Å². The van der Waals surface area contributed by atoms with Crippen LogP contribution in [0.5, 0.6) is 0 Å². The SMILES string of the molecule is CC(C)C(CNC1CCCCC1CN)N1CCCC1. The van der Waals surface area contributed by atoms with Gasteiger partial charge >= 0.3 is 0 Å². The van der Waals surface area contributed by atoms with E-state index in [1.54, 1.807) is 0 Å². The van der Waals surface area contributed by atoms with Crippen molar-refractivity contribution in [1.29, 1.82) is 0 Å². The Hall–Kier alpha value is -0.120. The fourth-order valence-electron chi connectivity index (χ4n) is 3.89. The molecular formula is C16H33N3. The lowest BCUT2D eigenvalue weighted by Gasteiger charge is -2.36. The number of likely N-dealkylation sites (tertiary alicyclic amines) is 1. The van der Waals surface area contributed by atoms with E-state index in [0.29, 0.717) is 18.0 Å². The molecular weight excluding hydrogens is 234 g/mol. The Bertz CT molecular complexity index is 248. The van der Waals surface area contributed by atoms with Gasteiger partial charge in [-0.15, -0.1) is 0 Å². The summed E-state index contributed by atoms with van der Waals surface area (Å²) in [4.78, 5) is 2.69. The van der Waals surface area contributed by atoms with Gasteiger partial charge in [-0.1, -0.05) is 26.7 Å². The Kier molecular flexibility index (Phi) is 6.11. The van der Waals surface area contributed by atoms with Crippen LogP contribution in [0.15, 0.2) is 0 Å². The summed E-state index contributed by atoms with van der Waals surface area (Å²) >= 11 is 0. The maximum Gasteiger partial charge on any atom is 0.0243 e. The third-order valence-corrected chi connectivity index (χ3v) is 5.18. The highest BCUT2D eigenvalue weighted by atomic mass is 15.2. The normalized spacial score (nSPS) is 30.9. The molecule has 19 heavy (non-hydrogen) atoms. The molecule has 3 N–H and O–H groups in total.